The summed E-state index contributed by atoms with van der Waals surface area (Å²) in [5.41, 5.74) is 3.96. The van der Waals surface area contributed by atoms with Crippen LogP contribution in [0.25, 0.3) is 0 Å². The van der Waals surface area contributed by atoms with E-state index >= 15 is 0 Å². The van der Waals surface area contributed by atoms with Gasteiger partial charge >= 0.3 is 5.97 Å². The molecule has 1 aromatic carbocycles. The largest absolute Gasteiger partial charge is 0.459 e. The molecule has 0 amide bonds. The Hall–Kier alpha value is -1.31. The third-order valence-corrected chi connectivity index (χ3v) is 6.16. The van der Waals surface area contributed by atoms with Crippen molar-refractivity contribution < 1.29 is 9.53 Å². The van der Waals surface area contributed by atoms with Crippen LogP contribution in [0.3, 0.4) is 0 Å². The number of ether oxygens (including phenoxy) is 1. The highest BCUT2D eigenvalue weighted by molar-refractivity contribution is 5.92. The lowest BCUT2D eigenvalue weighted by molar-refractivity contribution is 0.0316. The fourth-order valence-corrected chi connectivity index (χ4v) is 4.64. The standard InChI is InChI=1S/C24H38O2/c1-17-15-19(3)23(20(4)16-17)24(25)26-21(5)12-10-9-11-18(2)22-13-7-6-8-14-22/h15-16,18,21-22H,6-14H2,1-5H3. The van der Waals surface area contributed by atoms with Crippen molar-refractivity contribution in [1.82, 2.24) is 0 Å². The third kappa shape index (κ3) is 6.14. The van der Waals surface area contributed by atoms with E-state index in [1.807, 2.05) is 20.8 Å². The van der Waals surface area contributed by atoms with Crippen LogP contribution in [0.2, 0.25) is 0 Å². The van der Waals surface area contributed by atoms with Crippen LogP contribution >= 0.6 is 0 Å². The highest BCUT2D eigenvalue weighted by Gasteiger charge is 2.20. The van der Waals surface area contributed by atoms with Gasteiger partial charge in [0, 0.05) is 0 Å². The Bertz CT molecular complexity index is 561. The maximum Gasteiger partial charge on any atom is 0.338 e. The first-order valence-electron chi connectivity index (χ1n) is 10.7. The summed E-state index contributed by atoms with van der Waals surface area (Å²) in [6, 6.07) is 4.11. The molecule has 2 nitrogen and oxygen atoms in total. The highest BCUT2D eigenvalue weighted by Crippen LogP contribution is 2.32. The average molecular weight is 359 g/mol. The van der Waals surface area contributed by atoms with E-state index in [4.69, 9.17) is 4.74 Å². The summed E-state index contributed by atoms with van der Waals surface area (Å²) in [7, 11) is 0. The summed E-state index contributed by atoms with van der Waals surface area (Å²) >= 11 is 0. The van der Waals surface area contributed by atoms with Crippen LogP contribution in [0.15, 0.2) is 12.1 Å². The predicted octanol–water partition coefficient (Wildman–Crippen LogP) is 6.93. The number of benzene rings is 1. The number of unbranched alkanes of at least 4 members (excludes halogenated alkanes) is 1. The molecule has 146 valence electrons. The summed E-state index contributed by atoms with van der Waals surface area (Å²) in [4.78, 5) is 12.5. The number of esters is 1. The first-order chi connectivity index (χ1) is 12.4. The molecule has 0 bridgehead atoms. The molecule has 0 aromatic heterocycles. The molecule has 2 rings (SSSR count). The third-order valence-electron chi connectivity index (χ3n) is 6.16. The van der Waals surface area contributed by atoms with Crippen molar-refractivity contribution in [2.75, 3.05) is 0 Å². The molecule has 0 spiro atoms. The van der Waals surface area contributed by atoms with E-state index in [1.165, 1.54) is 50.5 Å². The maximum atomic E-state index is 12.5. The fraction of sp³-hybridized carbons (Fsp3) is 0.708. The number of carbonyl (C=O) groups excluding carboxylic acids is 1. The van der Waals surface area contributed by atoms with Gasteiger partial charge in [-0.3, -0.25) is 0 Å². The van der Waals surface area contributed by atoms with Crippen molar-refractivity contribution in [2.45, 2.75) is 98.5 Å². The van der Waals surface area contributed by atoms with E-state index in [-0.39, 0.29) is 12.1 Å². The molecular weight excluding hydrogens is 320 g/mol. The quantitative estimate of drug-likeness (QED) is 0.372. The zero-order valence-electron chi connectivity index (χ0n) is 17.6. The summed E-state index contributed by atoms with van der Waals surface area (Å²) < 4.78 is 5.72. The maximum absolute atomic E-state index is 12.5. The molecule has 2 unspecified atom stereocenters. The van der Waals surface area contributed by atoms with E-state index in [2.05, 4.69) is 26.0 Å². The molecular formula is C24H38O2. The lowest BCUT2D eigenvalue weighted by atomic mass is 9.79. The van der Waals surface area contributed by atoms with Crippen molar-refractivity contribution in [1.29, 1.82) is 0 Å². The molecule has 0 aliphatic heterocycles. The predicted molar refractivity (Wildman–Crippen MR) is 110 cm³/mol. The van der Waals surface area contributed by atoms with E-state index in [9.17, 15) is 4.79 Å². The lowest BCUT2D eigenvalue weighted by Crippen LogP contribution is -2.18. The average Bonchev–Trinajstić information content (AvgIpc) is 2.58. The van der Waals surface area contributed by atoms with Gasteiger partial charge in [0.25, 0.3) is 0 Å². The van der Waals surface area contributed by atoms with Crippen LogP contribution in [0.5, 0.6) is 0 Å². The van der Waals surface area contributed by atoms with Crippen LogP contribution < -0.4 is 0 Å². The van der Waals surface area contributed by atoms with E-state index in [1.54, 1.807) is 0 Å². The second-order valence-corrected chi connectivity index (χ2v) is 8.65. The Balaban J connectivity index is 1.71. The zero-order valence-corrected chi connectivity index (χ0v) is 17.6. The van der Waals surface area contributed by atoms with Crippen LogP contribution in [0, 0.1) is 32.6 Å². The number of hydrogen-bond donors (Lipinski definition) is 0. The van der Waals surface area contributed by atoms with Crippen molar-refractivity contribution in [2.24, 2.45) is 11.8 Å². The molecule has 0 saturated heterocycles. The molecule has 2 atom stereocenters. The van der Waals surface area contributed by atoms with Gasteiger partial charge in [-0.2, -0.15) is 0 Å². The van der Waals surface area contributed by atoms with Gasteiger partial charge in [0.2, 0.25) is 0 Å². The minimum atomic E-state index is -0.164. The highest BCUT2D eigenvalue weighted by atomic mass is 16.5. The van der Waals surface area contributed by atoms with Gasteiger partial charge in [-0.15, -0.1) is 0 Å². The van der Waals surface area contributed by atoms with Crippen LogP contribution in [-0.4, -0.2) is 12.1 Å². The Morgan fingerprint density at radius 3 is 2.19 bits per heavy atom. The molecule has 1 aliphatic carbocycles. The summed E-state index contributed by atoms with van der Waals surface area (Å²) in [6.07, 6.45) is 11.8. The molecule has 0 heterocycles. The summed E-state index contributed by atoms with van der Waals surface area (Å²) in [5, 5.41) is 0. The monoisotopic (exact) mass is 358 g/mol. The smallest absolute Gasteiger partial charge is 0.338 e. The van der Waals surface area contributed by atoms with Gasteiger partial charge in [0.15, 0.2) is 0 Å². The molecule has 2 heteroatoms. The van der Waals surface area contributed by atoms with Gasteiger partial charge < -0.3 is 4.74 Å². The summed E-state index contributed by atoms with van der Waals surface area (Å²) in [6.45, 7) is 10.5. The van der Waals surface area contributed by atoms with Gasteiger partial charge in [-0.05, 0) is 63.5 Å². The van der Waals surface area contributed by atoms with Crippen LogP contribution in [-0.2, 0) is 4.74 Å². The second-order valence-electron chi connectivity index (χ2n) is 8.65. The molecule has 0 N–H and O–H groups in total. The molecule has 0 radical (unpaired) electrons. The fourth-order valence-electron chi connectivity index (χ4n) is 4.64. The van der Waals surface area contributed by atoms with Gasteiger partial charge in [-0.1, -0.05) is 69.6 Å². The van der Waals surface area contributed by atoms with Gasteiger partial charge in [0.05, 0.1) is 11.7 Å². The minimum absolute atomic E-state index is 0.00686. The Kier molecular flexibility index (Phi) is 8.18. The van der Waals surface area contributed by atoms with Crippen LogP contribution in [0.1, 0.15) is 98.7 Å². The topological polar surface area (TPSA) is 26.3 Å². The van der Waals surface area contributed by atoms with Gasteiger partial charge in [0.1, 0.15) is 0 Å². The molecule has 26 heavy (non-hydrogen) atoms. The SMILES string of the molecule is Cc1cc(C)c(C(=O)OC(C)CCCCC(C)C2CCCCC2)c(C)c1. The van der Waals surface area contributed by atoms with Crippen molar-refractivity contribution in [3.63, 3.8) is 0 Å². The Labute approximate surface area is 160 Å². The number of rotatable bonds is 8. The normalized spacial score (nSPS) is 17.7. The van der Waals surface area contributed by atoms with Crippen LogP contribution in [0.4, 0.5) is 0 Å². The molecule has 1 aliphatic rings. The van der Waals surface area contributed by atoms with Crippen molar-refractivity contribution in [3.8, 4) is 0 Å². The lowest BCUT2D eigenvalue weighted by Gasteiger charge is -2.27. The number of aryl methyl sites for hydroxylation is 3. The zero-order chi connectivity index (χ0) is 19.1. The van der Waals surface area contributed by atoms with E-state index in [0.29, 0.717) is 0 Å². The number of carbonyl (C=O) groups is 1. The minimum Gasteiger partial charge on any atom is -0.459 e. The van der Waals surface area contributed by atoms with Crippen molar-refractivity contribution >= 4 is 5.97 Å². The Morgan fingerprint density at radius 2 is 1.58 bits per heavy atom. The van der Waals surface area contributed by atoms with Crippen molar-refractivity contribution in [3.05, 3.63) is 34.4 Å². The number of hydrogen-bond acceptors (Lipinski definition) is 2. The Morgan fingerprint density at radius 1 is 1.00 bits per heavy atom. The molecule has 1 saturated carbocycles. The van der Waals surface area contributed by atoms with Gasteiger partial charge in [-0.25, -0.2) is 4.79 Å². The first-order valence-corrected chi connectivity index (χ1v) is 10.7. The summed E-state index contributed by atoms with van der Waals surface area (Å²) in [5.74, 6) is 1.64. The van der Waals surface area contributed by atoms with E-state index < -0.39 is 0 Å². The first kappa shape index (κ1) is 21.0. The second kappa shape index (κ2) is 10.1. The molecule has 1 aromatic rings. The molecule has 1 fully saturated rings. The van der Waals surface area contributed by atoms with E-state index in [0.717, 1.165) is 41.4 Å².